The Bertz CT molecular complexity index is 677. The second-order valence-corrected chi connectivity index (χ2v) is 6.58. The molecule has 0 bridgehead atoms. The smallest absolute Gasteiger partial charge is 0.409 e. The SMILES string of the molecule is CCOC(=O)N1CCC(NC(=O)COC(=O)c2ccc(F)cc2Br)CC1. The van der Waals surface area contributed by atoms with Gasteiger partial charge in [0.25, 0.3) is 5.91 Å². The molecule has 1 fully saturated rings. The molecule has 7 nitrogen and oxygen atoms in total. The number of nitrogens with zero attached hydrogens (tertiary/aromatic N) is 1. The van der Waals surface area contributed by atoms with Crippen LogP contribution in [0.3, 0.4) is 0 Å². The van der Waals surface area contributed by atoms with E-state index in [0.717, 1.165) is 12.1 Å². The fourth-order valence-electron chi connectivity index (χ4n) is 2.55. The van der Waals surface area contributed by atoms with E-state index in [1.807, 2.05) is 0 Å². The molecule has 142 valence electrons. The highest BCUT2D eigenvalue weighted by atomic mass is 79.9. The number of carbonyl (C=O) groups excluding carboxylic acids is 3. The van der Waals surface area contributed by atoms with Gasteiger partial charge in [-0.25, -0.2) is 14.0 Å². The molecule has 1 N–H and O–H groups in total. The van der Waals surface area contributed by atoms with Gasteiger partial charge in [0.1, 0.15) is 5.82 Å². The van der Waals surface area contributed by atoms with Crippen molar-refractivity contribution in [3.8, 4) is 0 Å². The van der Waals surface area contributed by atoms with Gasteiger partial charge >= 0.3 is 12.1 Å². The number of rotatable bonds is 5. The Morgan fingerprint density at radius 1 is 1.27 bits per heavy atom. The largest absolute Gasteiger partial charge is 0.452 e. The normalized spacial score (nSPS) is 14.7. The van der Waals surface area contributed by atoms with Crippen molar-refractivity contribution in [1.29, 1.82) is 0 Å². The van der Waals surface area contributed by atoms with Crippen LogP contribution in [0.1, 0.15) is 30.1 Å². The molecule has 1 aliphatic rings. The molecule has 2 amide bonds. The number of carbonyl (C=O) groups is 3. The monoisotopic (exact) mass is 430 g/mol. The Kier molecular flexibility index (Phi) is 7.38. The van der Waals surface area contributed by atoms with E-state index in [0.29, 0.717) is 32.5 Å². The molecule has 0 saturated carbocycles. The number of ether oxygens (including phenoxy) is 2. The first-order valence-corrected chi connectivity index (χ1v) is 9.03. The molecule has 1 heterocycles. The van der Waals surface area contributed by atoms with E-state index in [9.17, 15) is 18.8 Å². The number of esters is 1. The van der Waals surface area contributed by atoms with Gasteiger partial charge in [-0.05, 0) is 53.9 Å². The number of benzene rings is 1. The van der Waals surface area contributed by atoms with Crippen LogP contribution in [0.4, 0.5) is 9.18 Å². The zero-order valence-electron chi connectivity index (χ0n) is 14.3. The predicted molar refractivity (Wildman–Crippen MR) is 94.1 cm³/mol. The minimum Gasteiger partial charge on any atom is -0.452 e. The molecule has 2 rings (SSSR count). The molecule has 9 heteroatoms. The summed E-state index contributed by atoms with van der Waals surface area (Å²) < 4.78 is 23.2. The summed E-state index contributed by atoms with van der Waals surface area (Å²) in [6.45, 7) is 2.63. The molecular formula is C17H20BrFN2O5. The molecule has 26 heavy (non-hydrogen) atoms. The van der Waals surface area contributed by atoms with Crippen LogP contribution in [-0.4, -0.2) is 55.2 Å². The molecule has 0 unspecified atom stereocenters. The van der Waals surface area contributed by atoms with Gasteiger partial charge in [0, 0.05) is 23.6 Å². The van der Waals surface area contributed by atoms with E-state index in [1.54, 1.807) is 11.8 Å². The van der Waals surface area contributed by atoms with Crippen LogP contribution in [0.5, 0.6) is 0 Å². The van der Waals surface area contributed by atoms with Crippen LogP contribution in [0.15, 0.2) is 22.7 Å². The van der Waals surface area contributed by atoms with Crippen LogP contribution >= 0.6 is 15.9 Å². The van der Waals surface area contributed by atoms with Crippen molar-refractivity contribution in [3.63, 3.8) is 0 Å². The average Bonchev–Trinajstić information content (AvgIpc) is 2.60. The molecule has 1 saturated heterocycles. The van der Waals surface area contributed by atoms with Crippen LogP contribution in [0.25, 0.3) is 0 Å². The third kappa shape index (κ3) is 5.69. The van der Waals surface area contributed by atoms with Crippen molar-refractivity contribution in [1.82, 2.24) is 10.2 Å². The summed E-state index contributed by atoms with van der Waals surface area (Å²) in [7, 11) is 0. The van der Waals surface area contributed by atoms with E-state index in [4.69, 9.17) is 9.47 Å². The maximum atomic E-state index is 13.0. The summed E-state index contributed by atoms with van der Waals surface area (Å²) in [5, 5.41) is 2.77. The highest BCUT2D eigenvalue weighted by molar-refractivity contribution is 9.10. The highest BCUT2D eigenvalue weighted by Crippen LogP contribution is 2.19. The molecule has 0 spiro atoms. The van der Waals surface area contributed by atoms with Gasteiger partial charge < -0.3 is 19.7 Å². The summed E-state index contributed by atoms with van der Waals surface area (Å²) in [4.78, 5) is 37.1. The topological polar surface area (TPSA) is 84.9 Å². The first kappa shape index (κ1) is 20.2. The molecule has 1 aromatic rings. The second-order valence-electron chi connectivity index (χ2n) is 5.73. The third-order valence-electron chi connectivity index (χ3n) is 3.87. The number of piperidine rings is 1. The van der Waals surface area contributed by atoms with Gasteiger partial charge in [-0.3, -0.25) is 4.79 Å². The first-order chi connectivity index (χ1) is 12.4. The lowest BCUT2D eigenvalue weighted by Gasteiger charge is -2.31. The fraction of sp³-hybridized carbons (Fsp3) is 0.471. The average molecular weight is 431 g/mol. The quantitative estimate of drug-likeness (QED) is 0.725. The molecule has 1 aliphatic heterocycles. The number of nitrogens with one attached hydrogen (secondary N) is 1. The van der Waals surface area contributed by atoms with Crippen molar-refractivity contribution < 1.29 is 28.2 Å². The number of hydrogen-bond donors (Lipinski definition) is 1. The third-order valence-corrected chi connectivity index (χ3v) is 4.53. The van der Waals surface area contributed by atoms with E-state index in [1.165, 1.54) is 6.07 Å². The molecule has 0 radical (unpaired) electrons. The lowest BCUT2D eigenvalue weighted by Crippen LogP contribution is -2.47. The van der Waals surface area contributed by atoms with Crippen molar-refractivity contribution in [2.45, 2.75) is 25.8 Å². The van der Waals surface area contributed by atoms with Gasteiger partial charge in [0.2, 0.25) is 0 Å². The Balaban J connectivity index is 1.74. The van der Waals surface area contributed by atoms with Crippen LogP contribution < -0.4 is 5.32 Å². The number of amides is 2. The standard InChI is InChI=1S/C17H20BrFN2O5/c1-2-25-17(24)21-7-5-12(6-8-21)20-15(22)10-26-16(23)13-4-3-11(19)9-14(13)18/h3-4,9,12H,2,5-8,10H2,1H3,(H,20,22). The van der Waals surface area contributed by atoms with Gasteiger partial charge in [-0.2, -0.15) is 0 Å². The zero-order chi connectivity index (χ0) is 19.1. The molecule has 0 atom stereocenters. The lowest BCUT2D eigenvalue weighted by atomic mass is 10.1. The second kappa shape index (κ2) is 9.51. The Morgan fingerprint density at radius 2 is 1.96 bits per heavy atom. The van der Waals surface area contributed by atoms with Gasteiger partial charge in [-0.1, -0.05) is 0 Å². The van der Waals surface area contributed by atoms with E-state index in [-0.39, 0.29) is 22.2 Å². The summed E-state index contributed by atoms with van der Waals surface area (Å²) in [6.07, 6.45) is 0.848. The summed E-state index contributed by atoms with van der Waals surface area (Å²) in [5.74, 6) is -1.63. The number of halogens is 2. The minimum atomic E-state index is -0.718. The van der Waals surface area contributed by atoms with E-state index < -0.39 is 24.3 Å². The molecule has 0 aromatic heterocycles. The fourth-order valence-corrected chi connectivity index (χ4v) is 3.07. The Labute approximate surface area is 158 Å². The first-order valence-electron chi connectivity index (χ1n) is 8.24. The Morgan fingerprint density at radius 3 is 2.58 bits per heavy atom. The van der Waals surface area contributed by atoms with E-state index in [2.05, 4.69) is 21.2 Å². The minimum absolute atomic E-state index is 0.0931. The van der Waals surface area contributed by atoms with Crippen molar-refractivity contribution >= 4 is 33.9 Å². The summed E-state index contributed by atoms with van der Waals surface area (Å²) in [6, 6.07) is 3.47. The van der Waals surface area contributed by atoms with Crippen molar-refractivity contribution in [2.24, 2.45) is 0 Å². The molecule has 1 aromatic carbocycles. The van der Waals surface area contributed by atoms with Gasteiger partial charge in [-0.15, -0.1) is 0 Å². The maximum absolute atomic E-state index is 13.0. The zero-order valence-corrected chi connectivity index (χ0v) is 15.9. The summed E-state index contributed by atoms with van der Waals surface area (Å²) >= 11 is 3.08. The molecule has 0 aliphatic carbocycles. The molecular weight excluding hydrogens is 411 g/mol. The number of hydrogen-bond acceptors (Lipinski definition) is 5. The highest BCUT2D eigenvalue weighted by Gasteiger charge is 2.25. The van der Waals surface area contributed by atoms with Crippen molar-refractivity contribution in [3.05, 3.63) is 34.1 Å². The van der Waals surface area contributed by atoms with Crippen molar-refractivity contribution in [2.75, 3.05) is 26.3 Å². The van der Waals surface area contributed by atoms with E-state index >= 15 is 0 Å². The van der Waals surface area contributed by atoms with Crippen LogP contribution in [-0.2, 0) is 14.3 Å². The summed E-state index contributed by atoms with van der Waals surface area (Å²) in [5.41, 5.74) is 0.141. The van der Waals surface area contributed by atoms with Crippen LogP contribution in [0, 0.1) is 5.82 Å². The van der Waals surface area contributed by atoms with Crippen LogP contribution in [0.2, 0.25) is 0 Å². The van der Waals surface area contributed by atoms with Gasteiger partial charge in [0.15, 0.2) is 6.61 Å². The lowest BCUT2D eigenvalue weighted by molar-refractivity contribution is -0.125. The van der Waals surface area contributed by atoms with Gasteiger partial charge in [0.05, 0.1) is 12.2 Å². The predicted octanol–water partition coefficient (Wildman–Crippen LogP) is 2.48. The Hall–Kier alpha value is -2.16. The number of likely N-dealkylation sites (tertiary alicyclic amines) is 1. The maximum Gasteiger partial charge on any atom is 0.409 e.